The maximum Gasteiger partial charge on any atom is 0.243 e. The summed E-state index contributed by atoms with van der Waals surface area (Å²) in [6.07, 6.45) is 13.5. The number of carbonyl (C=O) groups excluding carboxylic acids is 1. The zero-order valence-electron chi connectivity index (χ0n) is 20.7. The first-order valence-electron chi connectivity index (χ1n) is 11.7. The van der Waals surface area contributed by atoms with E-state index in [0.717, 1.165) is 55.0 Å². The average molecular weight is 461 g/mol. The molecule has 1 rings (SSSR count). The number of allylic oxidation sites excluding steroid dienone is 5. The number of hydrogen-bond acceptors (Lipinski definition) is 5. The van der Waals surface area contributed by atoms with Gasteiger partial charge >= 0.3 is 0 Å². The van der Waals surface area contributed by atoms with E-state index in [1.54, 1.807) is 18.0 Å². The van der Waals surface area contributed by atoms with Crippen molar-refractivity contribution >= 4 is 17.7 Å². The van der Waals surface area contributed by atoms with E-state index in [-0.39, 0.29) is 23.9 Å². The molecule has 32 heavy (non-hydrogen) atoms. The van der Waals surface area contributed by atoms with Crippen LogP contribution in [0.2, 0.25) is 0 Å². The van der Waals surface area contributed by atoms with Gasteiger partial charge in [-0.2, -0.15) is 11.8 Å². The second-order valence-electron chi connectivity index (χ2n) is 8.75. The Morgan fingerprint density at radius 3 is 2.69 bits per heavy atom. The molecule has 0 aromatic rings. The zero-order chi connectivity index (χ0) is 23.9. The van der Waals surface area contributed by atoms with E-state index < -0.39 is 0 Å². The first-order chi connectivity index (χ1) is 15.3. The van der Waals surface area contributed by atoms with Crippen LogP contribution in [0.1, 0.15) is 66.7 Å². The Bertz CT molecular complexity index is 707. The molecule has 0 radical (unpaired) electrons. The molecule has 6 heteroatoms. The van der Waals surface area contributed by atoms with Crippen molar-refractivity contribution in [3.05, 3.63) is 60.1 Å². The Balaban J connectivity index is 2.59. The smallest absolute Gasteiger partial charge is 0.243 e. The third-order valence-corrected chi connectivity index (χ3v) is 6.61. The highest BCUT2D eigenvalue weighted by molar-refractivity contribution is 7.99. The van der Waals surface area contributed by atoms with E-state index in [0.29, 0.717) is 0 Å². The number of hydrazine groups is 1. The van der Waals surface area contributed by atoms with E-state index in [4.69, 9.17) is 0 Å². The standard InChI is InChI=1S/C26H44N4OS/c1-8-21(6)25(27-9-2)26(31)28-24-18-32-17-16-23(30-29-22(24)7)15-11-14-20(5)13-10-12-19(3)4/h9,12,14,16,21,24-25,27,29-30H,2,7-8,10-11,13,15,17-18H2,1,3-6H3,(H,28,31)/b20-14+,23-16-/t21-,24?,25?/m0/s1. The molecule has 1 aliphatic heterocycles. The molecule has 0 aliphatic carbocycles. The summed E-state index contributed by atoms with van der Waals surface area (Å²) >= 11 is 1.80. The third-order valence-electron chi connectivity index (χ3n) is 5.64. The normalized spacial score (nSPS) is 20.7. The maximum atomic E-state index is 12.9. The quantitative estimate of drug-likeness (QED) is 0.297. The summed E-state index contributed by atoms with van der Waals surface area (Å²) in [6.45, 7) is 18.5. The van der Waals surface area contributed by atoms with Gasteiger partial charge in [0.25, 0.3) is 0 Å². The predicted molar refractivity (Wildman–Crippen MR) is 141 cm³/mol. The molecule has 2 unspecified atom stereocenters. The van der Waals surface area contributed by atoms with Crippen molar-refractivity contribution in [1.82, 2.24) is 21.5 Å². The van der Waals surface area contributed by atoms with E-state index >= 15 is 0 Å². The summed E-state index contributed by atoms with van der Waals surface area (Å²) in [5, 5.41) is 6.25. The fraction of sp³-hybridized carbons (Fsp3) is 0.577. The summed E-state index contributed by atoms with van der Waals surface area (Å²) in [7, 11) is 0. The zero-order valence-corrected chi connectivity index (χ0v) is 21.5. The topological polar surface area (TPSA) is 65.2 Å². The molecule has 0 saturated heterocycles. The number of nitrogens with one attached hydrogen (secondary N) is 4. The lowest BCUT2D eigenvalue weighted by Gasteiger charge is -2.27. The minimum Gasteiger partial charge on any atom is -0.380 e. The van der Waals surface area contributed by atoms with Crippen molar-refractivity contribution in [2.45, 2.75) is 78.8 Å². The lowest BCUT2D eigenvalue weighted by Crippen LogP contribution is -2.52. The van der Waals surface area contributed by atoms with Crippen LogP contribution in [-0.2, 0) is 4.79 Å². The molecule has 1 amide bonds. The molecule has 0 aromatic heterocycles. The highest BCUT2D eigenvalue weighted by atomic mass is 32.2. The van der Waals surface area contributed by atoms with Crippen molar-refractivity contribution in [3.8, 4) is 0 Å². The molecule has 0 bridgehead atoms. The number of thioether (sulfide) groups is 1. The SMILES string of the molecule is C=CNC(C(=O)NC1CSC/C=C(/CC/C=C(\C)CCC=C(C)C)NNC1=C)[C@@H](C)CC. The number of rotatable bonds is 12. The molecule has 4 N–H and O–H groups in total. The van der Waals surface area contributed by atoms with Gasteiger partial charge in [0, 0.05) is 22.9 Å². The molecule has 0 spiro atoms. The van der Waals surface area contributed by atoms with Crippen molar-refractivity contribution in [1.29, 1.82) is 0 Å². The van der Waals surface area contributed by atoms with Gasteiger partial charge in [0.2, 0.25) is 5.91 Å². The van der Waals surface area contributed by atoms with Crippen molar-refractivity contribution in [2.24, 2.45) is 5.92 Å². The first kappa shape index (κ1) is 28.0. The van der Waals surface area contributed by atoms with Crippen molar-refractivity contribution < 1.29 is 4.79 Å². The maximum absolute atomic E-state index is 12.9. The van der Waals surface area contributed by atoms with Gasteiger partial charge < -0.3 is 21.5 Å². The Labute approximate surface area is 200 Å². The van der Waals surface area contributed by atoms with Gasteiger partial charge in [0.15, 0.2) is 0 Å². The monoisotopic (exact) mass is 460 g/mol. The number of carbonyl (C=O) groups is 1. The summed E-state index contributed by atoms with van der Waals surface area (Å²) in [6, 6.07) is -0.445. The van der Waals surface area contributed by atoms with Crippen LogP contribution in [-0.4, -0.2) is 29.5 Å². The number of hydrogen-bond donors (Lipinski definition) is 4. The van der Waals surface area contributed by atoms with Crippen LogP contribution >= 0.6 is 11.8 Å². The molecule has 0 saturated carbocycles. The van der Waals surface area contributed by atoms with Crippen LogP contribution in [0.5, 0.6) is 0 Å². The van der Waals surface area contributed by atoms with Gasteiger partial charge in [-0.3, -0.25) is 4.79 Å². The van der Waals surface area contributed by atoms with E-state index in [1.165, 1.54) is 11.1 Å². The Morgan fingerprint density at radius 1 is 1.28 bits per heavy atom. The number of amides is 1. The van der Waals surface area contributed by atoms with Gasteiger partial charge in [0.05, 0.1) is 6.04 Å². The predicted octanol–water partition coefficient (Wildman–Crippen LogP) is 5.33. The van der Waals surface area contributed by atoms with Crippen LogP contribution in [0.25, 0.3) is 0 Å². The van der Waals surface area contributed by atoms with Gasteiger partial charge in [0.1, 0.15) is 6.04 Å². The van der Waals surface area contributed by atoms with E-state index in [1.807, 2.05) is 0 Å². The molecule has 180 valence electrons. The highest BCUT2D eigenvalue weighted by Gasteiger charge is 2.26. The highest BCUT2D eigenvalue weighted by Crippen LogP contribution is 2.15. The summed E-state index contributed by atoms with van der Waals surface area (Å²) in [5.74, 6) is 1.86. The van der Waals surface area contributed by atoms with Crippen LogP contribution < -0.4 is 21.5 Å². The Morgan fingerprint density at radius 2 is 2.03 bits per heavy atom. The molecular weight excluding hydrogens is 416 g/mol. The summed E-state index contributed by atoms with van der Waals surface area (Å²) in [4.78, 5) is 12.9. The minimum absolute atomic E-state index is 0.0195. The van der Waals surface area contributed by atoms with Crippen LogP contribution in [0, 0.1) is 5.92 Å². The molecule has 0 fully saturated rings. The molecular formula is C26H44N4OS. The Kier molecular flexibility index (Phi) is 13.7. The molecule has 0 aromatic carbocycles. The second-order valence-corrected chi connectivity index (χ2v) is 9.82. The largest absolute Gasteiger partial charge is 0.380 e. The van der Waals surface area contributed by atoms with Crippen molar-refractivity contribution in [2.75, 3.05) is 11.5 Å². The fourth-order valence-corrected chi connectivity index (χ4v) is 4.30. The molecule has 3 atom stereocenters. The van der Waals surface area contributed by atoms with E-state index in [2.05, 4.69) is 87.5 Å². The van der Waals surface area contributed by atoms with Crippen LogP contribution in [0.3, 0.4) is 0 Å². The second kappa shape index (κ2) is 15.7. The van der Waals surface area contributed by atoms with Crippen LogP contribution in [0.15, 0.2) is 60.1 Å². The summed E-state index contributed by atoms with van der Waals surface area (Å²) < 4.78 is 0. The van der Waals surface area contributed by atoms with Gasteiger partial charge in [-0.15, -0.1) is 0 Å². The molecule has 1 heterocycles. The van der Waals surface area contributed by atoms with Crippen molar-refractivity contribution in [3.63, 3.8) is 0 Å². The molecule has 5 nitrogen and oxygen atoms in total. The van der Waals surface area contributed by atoms with E-state index in [9.17, 15) is 4.79 Å². The minimum atomic E-state index is -0.295. The molecule has 1 aliphatic rings. The lowest BCUT2D eigenvalue weighted by atomic mass is 9.98. The fourth-order valence-electron chi connectivity index (χ4n) is 3.33. The summed E-state index contributed by atoms with van der Waals surface area (Å²) in [5.41, 5.74) is 11.3. The first-order valence-corrected chi connectivity index (χ1v) is 12.9. The van der Waals surface area contributed by atoms with Gasteiger partial charge in [-0.05, 0) is 58.6 Å². The Hall–Kier alpha value is -2.08. The van der Waals surface area contributed by atoms with Gasteiger partial charge in [-0.1, -0.05) is 62.8 Å². The lowest BCUT2D eigenvalue weighted by molar-refractivity contribution is -0.124. The average Bonchev–Trinajstić information content (AvgIpc) is 2.83. The third kappa shape index (κ3) is 11.0. The van der Waals surface area contributed by atoms with Gasteiger partial charge in [-0.25, -0.2) is 0 Å². The van der Waals surface area contributed by atoms with Crippen LogP contribution in [0.4, 0.5) is 0 Å².